The molecule has 1 heterocycles. The molecule has 1 amide bonds. The number of hydrogen-bond acceptors (Lipinski definition) is 3. The number of carbonyl (C=O) groups is 1. The molecule has 4 rings (SSSR count). The summed E-state index contributed by atoms with van der Waals surface area (Å²) in [6.07, 6.45) is 5.42. The standard InChI is InChI=1S/C15H18FN3O/c1-17-14-12(16)9(4-5-18-14)15(20)19-13-10-7-2-3-8(6-7)11(10)13/h4-5,7-8,10-11,13H,2-3,6H2,1H3,(H,17,18)(H,19,20). The van der Waals surface area contributed by atoms with Crippen molar-refractivity contribution in [3.05, 3.63) is 23.6 Å². The van der Waals surface area contributed by atoms with E-state index < -0.39 is 5.82 Å². The zero-order valence-corrected chi connectivity index (χ0v) is 11.4. The Kier molecular flexibility index (Phi) is 2.53. The van der Waals surface area contributed by atoms with Crippen LogP contribution in [0.3, 0.4) is 0 Å². The molecular formula is C15H18FN3O. The summed E-state index contributed by atoms with van der Waals surface area (Å²) < 4.78 is 14.1. The first-order valence-corrected chi connectivity index (χ1v) is 7.34. The average Bonchev–Trinajstić information content (AvgIpc) is 2.85. The first-order chi connectivity index (χ1) is 9.70. The van der Waals surface area contributed by atoms with Gasteiger partial charge in [-0.15, -0.1) is 0 Å². The molecule has 106 valence electrons. The van der Waals surface area contributed by atoms with Crippen molar-refractivity contribution in [2.75, 3.05) is 12.4 Å². The van der Waals surface area contributed by atoms with Gasteiger partial charge in [0.1, 0.15) is 0 Å². The summed E-state index contributed by atoms with van der Waals surface area (Å²) in [4.78, 5) is 16.1. The lowest BCUT2D eigenvalue weighted by Crippen LogP contribution is -2.30. The van der Waals surface area contributed by atoms with Gasteiger partial charge in [0.2, 0.25) is 0 Å². The third-order valence-corrected chi connectivity index (χ3v) is 5.40. The number of pyridine rings is 1. The van der Waals surface area contributed by atoms with Crippen molar-refractivity contribution in [1.29, 1.82) is 0 Å². The van der Waals surface area contributed by atoms with E-state index in [1.54, 1.807) is 7.05 Å². The Hall–Kier alpha value is -1.65. The van der Waals surface area contributed by atoms with Gasteiger partial charge in [-0.2, -0.15) is 0 Å². The number of hydrogen-bond donors (Lipinski definition) is 2. The smallest absolute Gasteiger partial charge is 0.254 e. The molecule has 1 aromatic heterocycles. The number of amides is 1. The quantitative estimate of drug-likeness (QED) is 0.887. The highest BCUT2D eigenvalue weighted by atomic mass is 19.1. The fraction of sp³-hybridized carbons (Fsp3) is 0.600. The maximum Gasteiger partial charge on any atom is 0.254 e. The van der Waals surface area contributed by atoms with E-state index in [9.17, 15) is 9.18 Å². The molecular weight excluding hydrogens is 257 g/mol. The lowest BCUT2D eigenvalue weighted by Gasteiger charge is -2.11. The largest absolute Gasteiger partial charge is 0.371 e. The van der Waals surface area contributed by atoms with E-state index in [2.05, 4.69) is 15.6 Å². The number of fused-ring (bicyclic) bond motifs is 5. The van der Waals surface area contributed by atoms with Crippen LogP contribution in [0.25, 0.3) is 0 Å². The summed E-state index contributed by atoms with van der Waals surface area (Å²) >= 11 is 0. The van der Waals surface area contributed by atoms with Crippen molar-refractivity contribution in [2.45, 2.75) is 25.3 Å². The Balaban J connectivity index is 1.50. The maximum atomic E-state index is 14.1. The van der Waals surface area contributed by atoms with Crippen LogP contribution < -0.4 is 10.6 Å². The average molecular weight is 275 g/mol. The van der Waals surface area contributed by atoms with Crippen molar-refractivity contribution in [1.82, 2.24) is 10.3 Å². The predicted molar refractivity (Wildman–Crippen MR) is 72.8 cm³/mol. The second kappa shape index (κ2) is 4.17. The van der Waals surface area contributed by atoms with Crippen molar-refractivity contribution >= 4 is 11.7 Å². The molecule has 0 saturated heterocycles. The van der Waals surface area contributed by atoms with Gasteiger partial charge in [0.15, 0.2) is 11.6 Å². The molecule has 3 aliphatic carbocycles. The van der Waals surface area contributed by atoms with E-state index in [0.29, 0.717) is 11.8 Å². The minimum absolute atomic E-state index is 0.0849. The van der Waals surface area contributed by atoms with E-state index in [1.807, 2.05) is 0 Å². The Morgan fingerprint density at radius 1 is 1.35 bits per heavy atom. The van der Waals surface area contributed by atoms with Crippen LogP contribution >= 0.6 is 0 Å². The molecule has 4 nitrogen and oxygen atoms in total. The Labute approximate surface area is 117 Å². The number of nitrogens with one attached hydrogen (secondary N) is 2. The minimum Gasteiger partial charge on any atom is -0.371 e. The highest BCUT2D eigenvalue weighted by Gasteiger charge is 2.65. The van der Waals surface area contributed by atoms with Gasteiger partial charge in [0, 0.05) is 19.3 Å². The molecule has 0 radical (unpaired) electrons. The number of aromatic nitrogens is 1. The van der Waals surface area contributed by atoms with Gasteiger partial charge in [-0.3, -0.25) is 4.79 Å². The van der Waals surface area contributed by atoms with Crippen LogP contribution in [-0.4, -0.2) is 24.0 Å². The van der Waals surface area contributed by atoms with E-state index in [0.717, 1.165) is 11.8 Å². The van der Waals surface area contributed by atoms with Gasteiger partial charge >= 0.3 is 0 Å². The van der Waals surface area contributed by atoms with E-state index in [-0.39, 0.29) is 23.3 Å². The lowest BCUT2D eigenvalue weighted by molar-refractivity contribution is 0.0940. The van der Waals surface area contributed by atoms with Crippen LogP contribution in [0, 0.1) is 29.5 Å². The molecule has 2 bridgehead atoms. The van der Waals surface area contributed by atoms with Crippen LogP contribution in [0.15, 0.2) is 12.3 Å². The highest BCUT2D eigenvalue weighted by Crippen LogP contribution is 2.65. The van der Waals surface area contributed by atoms with Crippen molar-refractivity contribution in [2.24, 2.45) is 23.7 Å². The molecule has 3 aliphatic rings. The second-order valence-corrected chi connectivity index (χ2v) is 6.26. The molecule has 2 N–H and O–H groups in total. The Morgan fingerprint density at radius 2 is 2.05 bits per heavy atom. The van der Waals surface area contributed by atoms with Crippen LogP contribution in [0.5, 0.6) is 0 Å². The Morgan fingerprint density at radius 3 is 2.70 bits per heavy atom. The molecule has 4 unspecified atom stereocenters. The molecule has 20 heavy (non-hydrogen) atoms. The van der Waals surface area contributed by atoms with Gasteiger partial charge in [0.05, 0.1) is 5.56 Å². The van der Waals surface area contributed by atoms with Gasteiger partial charge in [-0.25, -0.2) is 9.37 Å². The molecule has 5 heteroatoms. The first-order valence-electron chi connectivity index (χ1n) is 7.34. The van der Waals surface area contributed by atoms with Crippen LogP contribution in [-0.2, 0) is 0 Å². The summed E-state index contributed by atoms with van der Waals surface area (Å²) in [7, 11) is 1.59. The van der Waals surface area contributed by atoms with Gasteiger partial charge in [0.25, 0.3) is 5.91 Å². The SMILES string of the molecule is CNc1nccc(C(=O)NC2C3C4CCC(C4)C23)c1F. The fourth-order valence-corrected chi connectivity index (χ4v) is 4.54. The normalized spacial score (nSPS) is 36.6. The second-order valence-electron chi connectivity index (χ2n) is 6.26. The number of nitrogens with zero attached hydrogens (tertiary/aromatic N) is 1. The van der Waals surface area contributed by atoms with Gasteiger partial charge in [-0.1, -0.05) is 0 Å². The fourth-order valence-electron chi connectivity index (χ4n) is 4.54. The molecule has 3 saturated carbocycles. The summed E-state index contributed by atoms with van der Waals surface area (Å²) in [5.74, 6) is 2.16. The van der Waals surface area contributed by atoms with E-state index in [4.69, 9.17) is 0 Å². The zero-order valence-electron chi connectivity index (χ0n) is 11.4. The van der Waals surface area contributed by atoms with Crippen molar-refractivity contribution in [3.8, 4) is 0 Å². The minimum atomic E-state index is -0.568. The maximum absolute atomic E-state index is 14.1. The third-order valence-electron chi connectivity index (χ3n) is 5.40. The number of rotatable bonds is 3. The molecule has 0 aromatic carbocycles. The molecule has 0 spiro atoms. The van der Waals surface area contributed by atoms with E-state index >= 15 is 0 Å². The number of anilines is 1. The third kappa shape index (κ3) is 1.58. The number of carbonyl (C=O) groups excluding carboxylic acids is 1. The summed E-state index contributed by atoms with van der Waals surface area (Å²) in [6.45, 7) is 0. The zero-order chi connectivity index (χ0) is 13.9. The van der Waals surface area contributed by atoms with E-state index in [1.165, 1.54) is 31.5 Å². The molecule has 1 aromatic rings. The molecule has 3 fully saturated rings. The monoisotopic (exact) mass is 275 g/mol. The first kappa shape index (κ1) is 12.1. The molecule has 4 atom stereocenters. The van der Waals surface area contributed by atoms with Gasteiger partial charge in [-0.05, 0) is 49.0 Å². The summed E-state index contributed by atoms with van der Waals surface area (Å²) in [6, 6.07) is 1.72. The van der Waals surface area contributed by atoms with Crippen LogP contribution in [0.4, 0.5) is 10.2 Å². The van der Waals surface area contributed by atoms with Crippen LogP contribution in [0.1, 0.15) is 29.6 Å². The summed E-state index contributed by atoms with van der Waals surface area (Å²) in [5.41, 5.74) is 0.0849. The van der Waals surface area contributed by atoms with Crippen LogP contribution in [0.2, 0.25) is 0 Å². The highest BCUT2D eigenvalue weighted by molar-refractivity contribution is 5.95. The summed E-state index contributed by atoms with van der Waals surface area (Å²) in [5, 5.41) is 5.69. The predicted octanol–water partition coefficient (Wildman–Crippen LogP) is 2.04. The lowest BCUT2D eigenvalue weighted by atomic mass is 10.0. The van der Waals surface area contributed by atoms with Crippen molar-refractivity contribution in [3.63, 3.8) is 0 Å². The number of halogens is 1. The Bertz CT molecular complexity index is 560. The van der Waals surface area contributed by atoms with Gasteiger partial charge < -0.3 is 10.6 Å². The molecule has 0 aliphatic heterocycles. The topological polar surface area (TPSA) is 54.0 Å². The van der Waals surface area contributed by atoms with Crippen molar-refractivity contribution < 1.29 is 9.18 Å².